The van der Waals surface area contributed by atoms with Crippen molar-refractivity contribution in [1.82, 2.24) is 24.5 Å². The Hall–Kier alpha value is -4.12. The van der Waals surface area contributed by atoms with E-state index in [0.29, 0.717) is 16.8 Å². The van der Waals surface area contributed by atoms with Gasteiger partial charge in [0.05, 0.1) is 29.9 Å². The Bertz CT molecular complexity index is 1610. The number of aromatic nitrogens is 5. The highest BCUT2D eigenvalue weighted by molar-refractivity contribution is 6.31. The van der Waals surface area contributed by atoms with Crippen LogP contribution in [-0.2, 0) is 17.6 Å². The van der Waals surface area contributed by atoms with Crippen LogP contribution in [0.1, 0.15) is 40.1 Å². The Labute approximate surface area is 220 Å². The summed E-state index contributed by atoms with van der Waals surface area (Å²) in [4.78, 5) is 41.1. The molecule has 0 aliphatic rings. The summed E-state index contributed by atoms with van der Waals surface area (Å²) in [6, 6.07) is 3.70. The van der Waals surface area contributed by atoms with Crippen LogP contribution in [0.3, 0.4) is 0 Å². The zero-order valence-electron chi connectivity index (χ0n) is 20.6. The third-order valence-electron chi connectivity index (χ3n) is 5.68. The first kappa shape index (κ1) is 26.9. The molecule has 0 spiro atoms. The number of carbonyl (C=O) groups is 1. The molecular formula is C26H21ClF3N5O3. The number of esters is 1. The largest absolute Gasteiger partial charge is 0.460 e. The van der Waals surface area contributed by atoms with Gasteiger partial charge in [-0.2, -0.15) is 0 Å². The fourth-order valence-electron chi connectivity index (χ4n) is 3.92. The Morgan fingerprint density at radius 2 is 1.84 bits per heavy atom. The minimum atomic E-state index is -0.856. The Kier molecular flexibility index (Phi) is 7.86. The topological polar surface area (TPSA) is 99.9 Å². The molecule has 0 aliphatic carbocycles. The molecule has 0 saturated heterocycles. The molecule has 0 saturated carbocycles. The first-order valence-corrected chi connectivity index (χ1v) is 11.9. The van der Waals surface area contributed by atoms with Crippen LogP contribution in [0.2, 0.25) is 5.02 Å². The van der Waals surface area contributed by atoms with Gasteiger partial charge < -0.3 is 4.74 Å². The number of ether oxygens (including phenoxy) is 1. The second kappa shape index (κ2) is 11.1. The maximum Gasteiger partial charge on any atom is 0.376 e. The first-order chi connectivity index (χ1) is 18.1. The van der Waals surface area contributed by atoms with E-state index in [1.54, 1.807) is 26.8 Å². The fourth-order valence-corrected chi connectivity index (χ4v) is 4.15. The quantitative estimate of drug-likeness (QED) is 0.311. The second-order valence-corrected chi connectivity index (χ2v) is 8.66. The van der Waals surface area contributed by atoms with Crippen LogP contribution in [0, 0.1) is 31.3 Å². The molecule has 0 radical (unpaired) electrons. The minimum absolute atomic E-state index is 0.0176. The van der Waals surface area contributed by atoms with E-state index in [1.807, 2.05) is 0 Å². The molecule has 38 heavy (non-hydrogen) atoms. The zero-order chi connectivity index (χ0) is 27.6. The molecule has 4 heterocycles. The number of hydrogen-bond acceptors (Lipinski definition) is 7. The van der Waals surface area contributed by atoms with Gasteiger partial charge in [-0.1, -0.05) is 11.6 Å². The van der Waals surface area contributed by atoms with E-state index in [-0.39, 0.29) is 53.1 Å². The van der Waals surface area contributed by atoms with Gasteiger partial charge in [0.25, 0.3) is 5.56 Å². The van der Waals surface area contributed by atoms with Crippen LogP contribution in [0.4, 0.5) is 13.2 Å². The number of carbonyl (C=O) groups excluding carboxylic acids is 1. The lowest BCUT2D eigenvalue weighted by Gasteiger charge is -2.17. The van der Waals surface area contributed by atoms with E-state index in [2.05, 4.69) is 19.9 Å². The summed E-state index contributed by atoms with van der Waals surface area (Å²) in [6.45, 7) is 4.92. The summed E-state index contributed by atoms with van der Waals surface area (Å²) in [5.74, 6) is -3.49. The third-order valence-corrected chi connectivity index (χ3v) is 6.08. The van der Waals surface area contributed by atoms with Crippen molar-refractivity contribution in [1.29, 1.82) is 0 Å². The zero-order valence-corrected chi connectivity index (χ0v) is 21.3. The fraction of sp³-hybridized carbons (Fsp3) is 0.231. The maximum absolute atomic E-state index is 15.9. The van der Waals surface area contributed by atoms with E-state index >= 15 is 4.39 Å². The molecule has 0 N–H and O–H groups in total. The molecule has 0 unspecified atom stereocenters. The smallest absolute Gasteiger partial charge is 0.376 e. The Morgan fingerprint density at radius 1 is 1.08 bits per heavy atom. The number of halogens is 4. The first-order valence-electron chi connectivity index (χ1n) is 11.5. The van der Waals surface area contributed by atoms with E-state index < -0.39 is 29.0 Å². The monoisotopic (exact) mass is 543 g/mol. The van der Waals surface area contributed by atoms with Gasteiger partial charge in [-0.25, -0.2) is 27.9 Å². The van der Waals surface area contributed by atoms with Crippen LogP contribution < -0.4 is 5.56 Å². The molecule has 196 valence electrons. The van der Waals surface area contributed by atoms with Crippen molar-refractivity contribution >= 4 is 17.6 Å². The van der Waals surface area contributed by atoms with Gasteiger partial charge >= 0.3 is 5.97 Å². The molecule has 4 aromatic rings. The molecule has 0 aliphatic heterocycles. The van der Waals surface area contributed by atoms with Crippen LogP contribution >= 0.6 is 11.6 Å². The molecule has 0 bridgehead atoms. The maximum atomic E-state index is 15.9. The summed E-state index contributed by atoms with van der Waals surface area (Å²) >= 11 is 6.38. The van der Waals surface area contributed by atoms with Crippen molar-refractivity contribution in [2.45, 2.75) is 33.6 Å². The standard InChI is InChI=1S/C26H21ClF3N5O3/c1-4-38-26(37)24-31-8-7-19(34-24)22-21(30)23(13(2)11-33-22)35-14(3)9-15(20(27)25(35)36)5-6-18-17(29)10-16(28)12-32-18/h7-12H,4-6H2,1-3H3. The van der Waals surface area contributed by atoms with Gasteiger partial charge in [0.15, 0.2) is 5.82 Å². The summed E-state index contributed by atoms with van der Waals surface area (Å²) in [5.41, 5.74) is 0.160. The Morgan fingerprint density at radius 3 is 2.55 bits per heavy atom. The van der Waals surface area contributed by atoms with Crippen molar-refractivity contribution in [2.75, 3.05) is 6.61 Å². The summed E-state index contributed by atoms with van der Waals surface area (Å²) < 4.78 is 49.0. The molecule has 4 aromatic heterocycles. The van der Waals surface area contributed by atoms with Gasteiger partial charge in [0, 0.05) is 24.2 Å². The Balaban J connectivity index is 1.75. The van der Waals surface area contributed by atoms with Gasteiger partial charge in [-0.15, -0.1) is 0 Å². The summed E-state index contributed by atoms with van der Waals surface area (Å²) in [5, 5.41) is -0.179. The van der Waals surface area contributed by atoms with E-state index in [1.165, 1.54) is 18.5 Å². The van der Waals surface area contributed by atoms with E-state index in [4.69, 9.17) is 16.3 Å². The number of aryl methyl sites for hydroxylation is 4. The van der Waals surface area contributed by atoms with Crippen molar-refractivity contribution in [3.63, 3.8) is 0 Å². The summed E-state index contributed by atoms with van der Waals surface area (Å²) in [6.07, 6.45) is 3.76. The second-order valence-electron chi connectivity index (χ2n) is 8.29. The molecular weight excluding hydrogens is 523 g/mol. The predicted octanol–water partition coefficient (Wildman–Crippen LogP) is 4.73. The van der Waals surface area contributed by atoms with E-state index in [9.17, 15) is 18.4 Å². The van der Waals surface area contributed by atoms with Crippen molar-refractivity contribution in [2.24, 2.45) is 0 Å². The van der Waals surface area contributed by atoms with Gasteiger partial charge in [-0.05, 0) is 56.9 Å². The number of rotatable bonds is 7. The van der Waals surface area contributed by atoms with Gasteiger partial charge in [0.1, 0.15) is 22.4 Å². The lowest BCUT2D eigenvalue weighted by atomic mass is 10.1. The molecule has 4 rings (SSSR count). The number of hydrogen-bond donors (Lipinski definition) is 0. The van der Waals surface area contributed by atoms with Crippen LogP contribution in [-0.4, -0.2) is 37.1 Å². The highest BCUT2D eigenvalue weighted by Crippen LogP contribution is 2.28. The van der Waals surface area contributed by atoms with Crippen LogP contribution in [0.15, 0.2) is 41.6 Å². The lowest BCUT2D eigenvalue weighted by molar-refractivity contribution is 0.0512. The molecule has 0 atom stereocenters. The lowest BCUT2D eigenvalue weighted by Crippen LogP contribution is -2.25. The van der Waals surface area contributed by atoms with E-state index in [0.717, 1.165) is 16.8 Å². The third kappa shape index (κ3) is 5.28. The van der Waals surface area contributed by atoms with Crippen LogP contribution in [0.25, 0.3) is 17.1 Å². The number of nitrogens with zero attached hydrogens (tertiary/aromatic N) is 5. The molecule has 0 amide bonds. The molecule has 0 aromatic carbocycles. The highest BCUT2D eigenvalue weighted by atomic mass is 35.5. The minimum Gasteiger partial charge on any atom is -0.460 e. The summed E-state index contributed by atoms with van der Waals surface area (Å²) in [7, 11) is 0. The van der Waals surface area contributed by atoms with Gasteiger partial charge in [0.2, 0.25) is 5.82 Å². The van der Waals surface area contributed by atoms with Crippen molar-refractivity contribution in [3.8, 4) is 17.1 Å². The molecule has 12 heteroatoms. The molecule has 8 nitrogen and oxygen atoms in total. The number of pyridine rings is 3. The SMILES string of the molecule is CCOC(=O)c1nccc(-c2ncc(C)c(-n3c(C)cc(CCc4ncc(F)cc4F)c(Cl)c3=O)c2F)n1. The average molecular weight is 544 g/mol. The predicted molar refractivity (Wildman–Crippen MR) is 133 cm³/mol. The average Bonchev–Trinajstić information content (AvgIpc) is 2.88. The van der Waals surface area contributed by atoms with Gasteiger partial charge in [-0.3, -0.25) is 19.3 Å². The highest BCUT2D eigenvalue weighted by Gasteiger charge is 2.22. The molecule has 0 fully saturated rings. The van der Waals surface area contributed by atoms with Crippen LogP contribution in [0.5, 0.6) is 0 Å². The normalized spacial score (nSPS) is 11.0. The van der Waals surface area contributed by atoms with Crippen molar-refractivity contribution < 1.29 is 22.7 Å². The van der Waals surface area contributed by atoms with Crippen molar-refractivity contribution in [3.05, 3.63) is 98.0 Å².